The number of para-hydroxylation sites is 2. The third kappa shape index (κ3) is 6.39. The van der Waals surface area contributed by atoms with Crippen molar-refractivity contribution in [2.45, 2.75) is 25.7 Å². The van der Waals surface area contributed by atoms with Crippen LogP contribution < -0.4 is 14.9 Å². The molecule has 0 aliphatic heterocycles. The Kier molecular flexibility index (Phi) is 7.83. The molecular formula is C26H25N3O4S. The predicted molar refractivity (Wildman–Crippen MR) is 134 cm³/mol. The third-order valence-electron chi connectivity index (χ3n) is 4.79. The molecule has 7 nitrogen and oxygen atoms in total. The van der Waals surface area contributed by atoms with E-state index < -0.39 is 0 Å². The molecule has 0 spiro atoms. The number of hydrogen-bond donors (Lipinski definition) is 1. The highest BCUT2D eigenvalue weighted by Crippen LogP contribution is 2.29. The van der Waals surface area contributed by atoms with Gasteiger partial charge >= 0.3 is 0 Å². The summed E-state index contributed by atoms with van der Waals surface area (Å²) in [7, 11) is 0. The molecular weight excluding hydrogens is 450 g/mol. The number of carbonyl (C=O) groups is 1. The summed E-state index contributed by atoms with van der Waals surface area (Å²) >= 11 is 1.22. The van der Waals surface area contributed by atoms with Gasteiger partial charge in [0, 0.05) is 0 Å². The fraction of sp³-hybridized carbons (Fsp3) is 0.192. The van der Waals surface area contributed by atoms with E-state index in [0.717, 1.165) is 16.6 Å². The molecule has 1 amide bonds. The van der Waals surface area contributed by atoms with Crippen LogP contribution in [0.5, 0.6) is 11.5 Å². The quantitative estimate of drug-likeness (QED) is 0.189. The molecule has 1 aromatic heterocycles. The van der Waals surface area contributed by atoms with Crippen molar-refractivity contribution in [1.82, 2.24) is 10.4 Å². The van der Waals surface area contributed by atoms with Crippen LogP contribution in [0.25, 0.3) is 11.1 Å². The van der Waals surface area contributed by atoms with E-state index >= 15 is 0 Å². The number of fused-ring (bicyclic) bond motifs is 1. The van der Waals surface area contributed by atoms with Crippen LogP contribution in [-0.4, -0.2) is 29.5 Å². The lowest BCUT2D eigenvalue weighted by Crippen LogP contribution is -2.19. The third-order valence-corrected chi connectivity index (χ3v) is 5.61. The standard InChI is InChI=1S/C26H25N3O4S/c1-3-31-24-14-20(12-13-23(24)32-16-19-10-8-18(2)9-11-19)15-27-29-25(30)17-34-26-28-21-6-4-5-7-22(21)33-26/h4-15H,3,16-17H2,1-2H3,(H,29,30)/b27-15-. The maximum absolute atomic E-state index is 12.1. The van der Waals surface area contributed by atoms with Crippen molar-refractivity contribution in [3.05, 3.63) is 83.4 Å². The van der Waals surface area contributed by atoms with Gasteiger partial charge in [-0.3, -0.25) is 4.79 Å². The second-order valence-corrected chi connectivity index (χ2v) is 8.37. The van der Waals surface area contributed by atoms with E-state index in [1.807, 2.05) is 61.5 Å². The molecule has 0 saturated heterocycles. The largest absolute Gasteiger partial charge is 0.490 e. The summed E-state index contributed by atoms with van der Waals surface area (Å²) < 4.78 is 17.3. The summed E-state index contributed by atoms with van der Waals surface area (Å²) in [5, 5.41) is 4.49. The minimum Gasteiger partial charge on any atom is -0.490 e. The Morgan fingerprint density at radius 3 is 2.71 bits per heavy atom. The van der Waals surface area contributed by atoms with Crippen molar-refractivity contribution in [1.29, 1.82) is 0 Å². The van der Waals surface area contributed by atoms with Gasteiger partial charge in [-0.1, -0.05) is 53.7 Å². The van der Waals surface area contributed by atoms with Crippen LogP contribution in [0.1, 0.15) is 23.6 Å². The summed E-state index contributed by atoms with van der Waals surface area (Å²) in [5.74, 6) is 1.15. The van der Waals surface area contributed by atoms with E-state index in [1.54, 1.807) is 6.21 Å². The zero-order valence-electron chi connectivity index (χ0n) is 19.0. The van der Waals surface area contributed by atoms with Crippen molar-refractivity contribution >= 4 is 35.0 Å². The summed E-state index contributed by atoms with van der Waals surface area (Å²) in [6, 6.07) is 21.2. The highest BCUT2D eigenvalue weighted by atomic mass is 32.2. The minimum absolute atomic E-state index is 0.139. The molecule has 1 N–H and O–H groups in total. The van der Waals surface area contributed by atoms with Crippen LogP contribution in [0.4, 0.5) is 0 Å². The zero-order chi connectivity index (χ0) is 23.8. The first-order chi connectivity index (χ1) is 16.6. The highest BCUT2D eigenvalue weighted by molar-refractivity contribution is 7.99. The van der Waals surface area contributed by atoms with Gasteiger partial charge in [-0.25, -0.2) is 10.4 Å². The molecule has 4 rings (SSSR count). The second kappa shape index (κ2) is 11.4. The van der Waals surface area contributed by atoms with Gasteiger partial charge in [0.1, 0.15) is 12.1 Å². The Labute approximate surface area is 202 Å². The fourth-order valence-electron chi connectivity index (χ4n) is 3.09. The highest BCUT2D eigenvalue weighted by Gasteiger charge is 2.09. The fourth-order valence-corrected chi connectivity index (χ4v) is 3.72. The number of hydrazone groups is 1. The Morgan fingerprint density at radius 2 is 1.91 bits per heavy atom. The molecule has 34 heavy (non-hydrogen) atoms. The molecule has 0 aliphatic rings. The van der Waals surface area contributed by atoms with Crippen LogP contribution in [-0.2, 0) is 11.4 Å². The molecule has 8 heteroatoms. The number of nitrogens with one attached hydrogen (secondary N) is 1. The molecule has 0 aliphatic carbocycles. The number of carbonyl (C=O) groups excluding carboxylic acids is 1. The SMILES string of the molecule is CCOc1cc(/C=N\NC(=O)CSc2nc3ccccc3o2)ccc1OCc1ccc(C)cc1. The van der Waals surface area contributed by atoms with Gasteiger partial charge in [-0.2, -0.15) is 5.10 Å². The van der Waals surface area contributed by atoms with Gasteiger partial charge in [-0.15, -0.1) is 0 Å². The number of thioether (sulfide) groups is 1. The van der Waals surface area contributed by atoms with Crippen molar-refractivity contribution < 1.29 is 18.7 Å². The maximum Gasteiger partial charge on any atom is 0.257 e. The Bertz CT molecular complexity index is 1250. The number of oxazole rings is 1. The summed E-state index contributed by atoms with van der Waals surface area (Å²) in [6.45, 7) is 4.92. The molecule has 4 aromatic rings. The maximum atomic E-state index is 12.1. The number of ether oxygens (including phenoxy) is 2. The van der Waals surface area contributed by atoms with Gasteiger partial charge in [0.25, 0.3) is 11.1 Å². The smallest absolute Gasteiger partial charge is 0.257 e. The molecule has 0 fully saturated rings. The van der Waals surface area contributed by atoms with Gasteiger partial charge in [0.2, 0.25) is 0 Å². The number of benzene rings is 3. The molecule has 174 valence electrons. The van der Waals surface area contributed by atoms with Gasteiger partial charge < -0.3 is 13.9 Å². The normalized spacial score (nSPS) is 11.1. The first kappa shape index (κ1) is 23.4. The number of nitrogens with zero attached hydrogens (tertiary/aromatic N) is 2. The van der Waals surface area contributed by atoms with Crippen LogP contribution >= 0.6 is 11.8 Å². The molecule has 0 saturated carbocycles. The van der Waals surface area contributed by atoms with Crippen molar-refractivity contribution in [2.75, 3.05) is 12.4 Å². The van der Waals surface area contributed by atoms with E-state index in [0.29, 0.717) is 35.5 Å². The molecule has 0 unspecified atom stereocenters. The lowest BCUT2D eigenvalue weighted by atomic mass is 10.2. The van der Waals surface area contributed by atoms with E-state index in [9.17, 15) is 4.79 Å². The molecule has 1 heterocycles. The summed E-state index contributed by atoms with van der Waals surface area (Å²) in [6.07, 6.45) is 1.56. The van der Waals surface area contributed by atoms with E-state index in [2.05, 4.69) is 34.6 Å². The topological polar surface area (TPSA) is 86.0 Å². The van der Waals surface area contributed by atoms with Gasteiger partial charge in [0.05, 0.1) is 18.6 Å². The zero-order valence-corrected chi connectivity index (χ0v) is 19.8. The molecule has 3 aromatic carbocycles. The number of aryl methyl sites for hydroxylation is 1. The first-order valence-corrected chi connectivity index (χ1v) is 11.8. The summed E-state index contributed by atoms with van der Waals surface area (Å²) in [4.78, 5) is 16.5. The monoisotopic (exact) mass is 475 g/mol. The molecule has 0 atom stereocenters. The lowest BCUT2D eigenvalue weighted by Gasteiger charge is -2.12. The van der Waals surface area contributed by atoms with Crippen LogP contribution in [0.2, 0.25) is 0 Å². The number of hydrogen-bond acceptors (Lipinski definition) is 7. The Hall–Kier alpha value is -3.78. The average Bonchev–Trinajstić information content (AvgIpc) is 3.27. The Morgan fingerprint density at radius 1 is 1.09 bits per heavy atom. The number of amides is 1. The van der Waals surface area contributed by atoms with Crippen LogP contribution in [0.15, 0.2) is 81.5 Å². The minimum atomic E-state index is -0.258. The number of aromatic nitrogens is 1. The van der Waals surface area contributed by atoms with Crippen LogP contribution in [0.3, 0.4) is 0 Å². The number of rotatable bonds is 10. The predicted octanol–water partition coefficient (Wildman–Crippen LogP) is 5.36. The molecule has 0 bridgehead atoms. The van der Waals surface area contributed by atoms with Crippen molar-refractivity contribution in [3.63, 3.8) is 0 Å². The van der Waals surface area contributed by atoms with Crippen LogP contribution in [0, 0.1) is 6.92 Å². The van der Waals surface area contributed by atoms with E-state index in [4.69, 9.17) is 13.9 Å². The second-order valence-electron chi connectivity index (χ2n) is 7.44. The van der Waals surface area contributed by atoms with Gasteiger partial charge in [0.15, 0.2) is 17.1 Å². The molecule has 0 radical (unpaired) electrons. The lowest BCUT2D eigenvalue weighted by molar-refractivity contribution is -0.118. The van der Waals surface area contributed by atoms with E-state index in [1.165, 1.54) is 17.3 Å². The average molecular weight is 476 g/mol. The Balaban J connectivity index is 1.31. The summed E-state index contributed by atoms with van der Waals surface area (Å²) in [5.41, 5.74) is 7.04. The van der Waals surface area contributed by atoms with Crippen molar-refractivity contribution in [2.24, 2.45) is 5.10 Å². The van der Waals surface area contributed by atoms with Gasteiger partial charge in [-0.05, 0) is 55.3 Å². The first-order valence-electron chi connectivity index (χ1n) is 10.9. The van der Waals surface area contributed by atoms with Crippen molar-refractivity contribution in [3.8, 4) is 11.5 Å². The van der Waals surface area contributed by atoms with E-state index in [-0.39, 0.29) is 11.7 Å².